The zero-order chi connectivity index (χ0) is 19.0. The van der Waals surface area contributed by atoms with Crippen LogP contribution in [0.5, 0.6) is 5.75 Å². The number of carbonyl (C=O) groups excluding carboxylic acids is 2. The third-order valence-corrected chi connectivity index (χ3v) is 4.29. The number of fused-ring (bicyclic) bond motifs is 1. The fourth-order valence-corrected chi connectivity index (χ4v) is 2.75. The van der Waals surface area contributed by atoms with Gasteiger partial charge in [-0.2, -0.15) is 0 Å². The van der Waals surface area contributed by atoms with Gasteiger partial charge in [-0.05, 0) is 17.7 Å². The highest BCUT2D eigenvalue weighted by atomic mass is 35.5. The molecule has 0 unspecified atom stereocenters. The van der Waals surface area contributed by atoms with Gasteiger partial charge in [-0.15, -0.1) is 0 Å². The van der Waals surface area contributed by atoms with Gasteiger partial charge < -0.3 is 10.4 Å². The molecule has 2 aromatic rings. The fourth-order valence-electron chi connectivity index (χ4n) is 2.55. The third-order valence-electron chi connectivity index (χ3n) is 4.00. The summed E-state index contributed by atoms with van der Waals surface area (Å²) in [6.07, 6.45) is 0.0986. The van der Waals surface area contributed by atoms with E-state index >= 15 is 0 Å². The second-order valence-electron chi connectivity index (χ2n) is 5.70. The van der Waals surface area contributed by atoms with Crippen LogP contribution in [0, 0.1) is 5.82 Å². The summed E-state index contributed by atoms with van der Waals surface area (Å²) in [6, 6.07) is 3.94. The summed E-state index contributed by atoms with van der Waals surface area (Å²) in [6.45, 7) is 0.0566. The lowest BCUT2D eigenvalue weighted by atomic mass is 10.2. The van der Waals surface area contributed by atoms with Gasteiger partial charge in [0.25, 0.3) is 11.5 Å². The monoisotopic (exact) mass is 380 g/mol. The Morgan fingerprint density at radius 1 is 1.42 bits per heavy atom. The summed E-state index contributed by atoms with van der Waals surface area (Å²) < 4.78 is 14.3. The summed E-state index contributed by atoms with van der Waals surface area (Å²) in [5.41, 5.74) is -0.772. The van der Waals surface area contributed by atoms with E-state index in [9.17, 15) is 23.9 Å². The molecule has 0 aliphatic carbocycles. The van der Waals surface area contributed by atoms with Crippen molar-refractivity contribution in [1.29, 1.82) is 0 Å². The lowest BCUT2D eigenvalue weighted by Crippen LogP contribution is -2.41. The number of aromatic hydroxyl groups is 1. The van der Waals surface area contributed by atoms with Gasteiger partial charge in [-0.3, -0.25) is 23.9 Å². The van der Waals surface area contributed by atoms with E-state index < -0.39 is 28.7 Å². The highest BCUT2D eigenvalue weighted by Gasteiger charge is 2.28. The van der Waals surface area contributed by atoms with Crippen LogP contribution >= 0.6 is 11.6 Å². The van der Waals surface area contributed by atoms with E-state index in [4.69, 9.17) is 11.6 Å². The Morgan fingerprint density at radius 2 is 2.15 bits per heavy atom. The molecule has 8 nitrogen and oxygen atoms in total. The molecule has 2 amide bonds. The second kappa shape index (κ2) is 6.75. The summed E-state index contributed by atoms with van der Waals surface area (Å²) in [4.78, 5) is 41.5. The van der Waals surface area contributed by atoms with Gasteiger partial charge in [0.2, 0.25) is 17.6 Å². The lowest BCUT2D eigenvalue weighted by Gasteiger charge is -2.26. The van der Waals surface area contributed by atoms with Crippen LogP contribution in [0.3, 0.4) is 0 Å². The molecular formula is C16H14ClFN4O4. The summed E-state index contributed by atoms with van der Waals surface area (Å²) in [5.74, 6) is -2.47. The zero-order valence-corrected chi connectivity index (χ0v) is 14.4. The van der Waals surface area contributed by atoms with Crippen molar-refractivity contribution in [3.05, 3.63) is 50.7 Å². The van der Waals surface area contributed by atoms with E-state index in [1.54, 1.807) is 0 Å². The molecular weight excluding hydrogens is 367 g/mol. The maximum Gasteiger partial charge on any atom is 0.297 e. The first kappa shape index (κ1) is 17.9. The van der Waals surface area contributed by atoms with E-state index in [1.165, 1.54) is 19.2 Å². The molecule has 2 N–H and O–H groups in total. The van der Waals surface area contributed by atoms with Crippen LogP contribution in [0.4, 0.5) is 10.3 Å². The van der Waals surface area contributed by atoms with E-state index in [0.717, 1.165) is 15.5 Å². The predicted molar refractivity (Wildman–Crippen MR) is 90.8 cm³/mol. The average molecular weight is 381 g/mol. The second-order valence-corrected chi connectivity index (χ2v) is 6.11. The number of halogens is 2. The molecule has 0 atom stereocenters. The summed E-state index contributed by atoms with van der Waals surface area (Å²) in [5, 5.41) is 12.4. The number of hydrogen-bond donors (Lipinski definition) is 2. The summed E-state index contributed by atoms with van der Waals surface area (Å²) >= 11 is 5.68. The van der Waals surface area contributed by atoms with Crippen LogP contribution in [-0.4, -0.2) is 33.5 Å². The van der Waals surface area contributed by atoms with Crippen molar-refractivity contribution in [2.24, 2.45) is 0 Å². The molecule has 1 aliphatic rings. The molecule has 1 aromatic carbocycles. The quantitative estimate of drug-likeness (QED) is 0.827. The van der Waals surface area contributed by atoms with Crippen LogP contribution in [0.25, 0.3) is 0 Å². The Bertz CT molecular complexity index is 975. The number of hydrogen-bond acceptors (Lipinski definition) is 5. The molecule has 3 rings (SSSR count). The SMILES string of the molecule is CN1C(=O)CCn2c1nc(C(=O)NCc1ccc(F)c(Cl)c1)c(O)c2=O. The smallest absolute Gasteiger partial charge is 0.297 e. The Balaban J connectivity index is 1.87. The van der Waals surface area contributed by atoms with Crippen LogP contribution in [0.2, 0.25) is 5.02 Å². The van der Waals surface area contributed by atoms with Crippen LogP contribution in [0.15, 0.2) is 23.0 Å². The number of carbonyl (C=O) groups is 2. The van der Waals surface area contributed by atoms with Crippen molar-refractivity contribution >= 4 is 29.4 Å². The number of anilines is 1. The van der Waals surface area contributed by atoms with Crippen LogP contribution < -0.4 is 15.8 Å². The van der Waals surface area contributed by atoms with Crippen molar-refractivity contribution in [2.45, 2.75) is 19.5 Å². The molecule has 0 bridgehead atoms. The Hall–Kier alpha value is -2.94. The fraction of sp³-hybridized carbons (Fsp3) is 0.250. The predicted octanol–water partition coefficient (Wildman–Crippen LogP) is 1.04. The minimum absolute atomic E-state index is 0.0148. The standard InChI is InChI=1S/C16H14ClFN4O4/c1-21-11(23)4-5-22-15(26)13(24)12(20-16(21)22)14(25)19-7-8-2-3-10(18)9(17)6-8/h2-3,6,24H,4-5,7H2,1H3,(H,19,25). The van der Waals surface area contributed by atoms with Crippen molar-refractivity contribution in [3.8, 4) is 5.75 Å². The number of rotatable bonds is 3. The maximum atomic E-state index is 13.2. The minimum Gasteiger partial charge on any atom is -0.501 e. The van der Waals surface area contributed by atoms with Crippen molar-refractivity contribution in [2.75, 3.05) is 11.9 Å². The van der Waals surface area contributed by atoms with E-state index in [1.807, 2.05) is 0 Å². The number of nitrogens with one attached hydrogen (secondary N) is 1. The van der Waals surface area contributed by atoms with Gasteiger partial charge >= 0.3 is 0 Å². The lowest BCUT2D eigenvalue weighted by molar-refractivity contribution is -0.119. The Labute approximate surface area is 151 Å². The first-order valence-electron chi connectivity index (χ1n) is 7.62. The van der Waals surface area contributed by atoms with Crippen LogP contribution in [-0.2, 0) is 17.9 Å². The first-order valence-corrected chi connectivity index (χ1v) is 8.00. The normalized spacial score (nSPS) is 13.5. The molecule has 1 aromatic heterocycles. The molecule has 10 heteroatoms. The number of aromatic nitrogens is 2. The highest BCUT2D eigenvalue weighted by molar-refractivity contribution is 6.30. The molecule has 1 aliphatic heterocycles. The minimum atomic E-state index is -0.810. The van der Waals surface area contributed by atoms with E-state index in [2.05, 4.69) is 10.3 Å². The molecule has 0 saturated carbocycles. The van der Waals surface area contributed by atoms with Gasteiger partial charge in [-0.1, -0.05) is 17.7 Å². The van der Waals surface area contributed by atoms with Gasteiger partial charge in [-0.25, -0.2) is 9.37 Å². The number of nitrogens with zero attached hydrogens (tertiary/aromatic N) is 3. The molecule has 2 heterocycles. The van der Waals surface area contributed by atoms with Gasteiger partial charge in [0, 0.05) is 26.6 Å². The molecule has 0 radical (unpaired) electrons. The molecule has 26 heavy (non-hydrogen) atoms. The van der Waals surface area contributed by atoms with E-state index in [0.29, 0.717) is 5.56 Å². The average Bonchev–Trinajstić information content (AvgIpc) is 2.62. The molecule has 0 fully saturated rings. The van der Waals surface area contributed by atoms with Gasteiger partial charge in [0.05, 0.1) is 5.02 Å². The van der Waals surface area contributed by atoms with Crippen LogP contribution in [0.1, 0.15) is 22.5 Å². The third kappa shape index (κ3) is 3.13. The highest BCUT2D eigenvalue weighted by Crippen LogP contribution is 2.20. The first-order chi connectivity index (χ1) is 12.3. The van der Waals surface area contributed by atoms with Gasteiger partial charge in [0.1, 0.15) is 5.82 Å². The maximum absolute atomic E-state index is 13.2. The Kier molecular flexibility index (Phi) is 4.64. The molecule has 0 spiro atoms. The number of benzene rings is 1. The van der Waals surface area contributed by atoms with E-state index in [-0.39, 0.29) is 36.4 Å². The molecule has 136 valence electrons. The van der Waals surface area contributed by atoms with Crippen molar-refractivity contribution in [3.63, 3.8) is 0 Å². The zero-order valence-electron chi connectivity index (χ0n) is 13.6. The van der Waals surface area contributed by atoms with Crippen molar-refractivity contribution in [1.82, 2.24) is 14.9 Å². The topological polar surface area (TPSA) is 105 Å². The largest absolute Gasteiger partial charge is 0.501 e. The van der Waals surface area contributed by atoms with Crippen molar-refractivity contribution < 1.29 is 19.1 Å². The van der Waals surface area contributed by atoms with Gasteiger partial charge in [0.15, 0.2) is 5.69 Å². The Morgan fingerprint density at radius 3 is 2.85 bits per heavy atom. The summed E-state index contributed by atoms with van der Waals surface area (Å²) in [7, 11) is 1.43. The number of amides is 2. The molecule has 0 saturated heterocycles.